The quantitative estimate of drug-likeness (QED) is 0.420. The summed E-state index contributed by atoms with van der Waals surface area (Å²) in [5.41, 5.74) is 7.31. The van der Waals surface area contributed by atoms with Gasteiger partial charge in [0.05, 0.1) is 10.6 Å². The molecule has 9 nitrogen and oxygen atoms in total. The molecule has 2 aliphatic carbocycles. The maximum Gasteiger partial charge on any atom is 0.492 e. The minimum atomic E-state index is -5.35. The Morgan fingerprint density at radius 1 is 0.946 bits per heavy atom. The number of nitrogens with zero attached hydrogens (tertiary/aromatic N) is 3. The Balaban J connectivity index is 1.57. The fourth-order valence-electron chi connectivity index (χ4n) is 5.00. The van der Waals surface area contributed by atoms with Crippen molar-refractivity contribution in [2.45, 2.75) is 42.2 Å². The van der Waals surface area contributed by atoms with E-state index >= 15 is 0 Å². The van der Waals surface area contributed by atoms with Gasteiger partial charge in [0.1, 0.15) is 0 Å². The number of halogens is 3. The van der Waals surface area contributed by atoms with Crippen LogP contribution in [0.1, 0.15) is 36.8 Å². The molecule has 0 aliphatic heterocycles. The summed E-state index contributed by atoms with van der Waals surface area (Å²) in [6.45, 7) is 0. The summed E-state index contributed by atoms with van der Waals surface area (Å²) in [7, 11) is -4.65. The monoisotopic (exact) mass is 533 g/mol. The minimum absolute atomic E-state index is 0.113. The van der Waals surface area contributed by atoms with Crippen molar-refractivity contribution in [2.75, 3.05) is 5.73 Å². The lowest BCUT2D eigenvalue weighted by atomic mass is 9.67. The van der Waals surface area contributed by atoms with Crippen molar-refractivity contribution in [3.8, 4) is 11.3 Å². The topological polar surface area (TPSA) is 137 Å². The van der Waals surface area contributed by atoms with Crippen LogP contribution in [-0.2, 0) is 25.1 Å². The van der Waals surface area contributed by atoms with Gasteiger partial charge in [-0.3, -0.25) is 4.98 Å². The fraction of sp³-hybridized carbons (Fsp3) is 0.333. The molecule has 1 aromatic carbocycles. The normalized spacial score (nSPS) is 16.4. The second-order valence-corrected chi connectivity index (χ2v) is 10.8. The Morgan fingerprint density at radius 2 is 1.57 bits per heavy atom. The number of sulfonamides is 1. The Kier molecular flexibility index (Phi) is 6.15. The van der Waals surface area contributed by atoms with Gasteiger partial charge in [-0.15, -0.1) is 0 Å². The summed E-state index contributed by atoms with van der Waals surface area (Å²) in [4.78, 5) is 28.7. The smallest absolute Gasteiger partial charge is 0.368 e. The molecule has 0 unspecified atom stereocenters. The van der Waals surface area contributed by atoms with Gasteiger partial charge in [0.2, 0.25) is 5.95 Å². The molecule has 0 amide bonds. The van der Waals surface area contributed by atoms with Gasteiger partial charge in [-0.25, -0.2) is 23.2 Å². The number of carbonyl (C=O) groups is 1. The van der Waals surface area contributed by atoms with E-state index in [9.17, 15) is 26.4 Å². The number of alkyl halides is 3. The maximum absolute atomic E-state index is 13.1. The molecule has 0 radical (unpaired) electrons. The SMILES string of the molecule is Nc1ncc(-c2ccc(C(c3ccccc3S(=O)(=O)NOC(=O)C(F)(F)F)(C3CC3)C3CC3)cn2)cn1. The summed E-state index contributed by atoms with van der Waals surface area (Å²) >= 11 is 0. The number of rotatable bonds is 8. The number of benzene rings is 1. The van der Waals surface area contributed by atoms with E-state index in [1.165, 1.54) is 17.0 Å². The molecule has 37 heavy (non-hydrogen) atoms. The Labute approximate surface area is 210 Å². The van der Waals surface area contributed by atoms with E-state index in [1.54, 1.807) is 36.8 Å². The number of nitrogens with two attached hydrogens (primary N) is 1. The van der Waals surface area contributed by atoms with Crippen LogP contribution < -0.4 is 10.6 Å². The van der Waals surface area contributed by atoms with Crippen LogP contribution in [0.25, 0.3) is 11.3 Å². The van der Waals surface area contributed by atoms with Crippen LogP contribution >= 0.6 is 0 Å². The number of anilines is 1. The first-order valence-electron chi connectivity index (χ1n) is 11.5. The highest BCUT2D eigenvalue weighted by Gasteiger charge is 2.57. The zero-order valence-corrected chi connectivity index (χ0v) is 20.1. The lowest BCUT2D eigenvalue weighted by Gasteiger charge is -2.37. The second kappa shape index (κ2) is 9.06. The molecule has 2 saturated carbocycles. The van der Waals surface area contributed by atoms with E-state index in [0.29, 0.717) is 16.8 Å². The zero-order chi connectivity index (χ0) is 26.4. The van der Waals surface area contributed by atoms with Gasteiger partial charge in [0.15, 0.2) is 0 Å². The molecule has 5 rings (SSSR count). The highest BCUT2D eigenvalue weighted by atomic mass is 32.2. The van der Waals surface area contributed by atoms with Crippen LogP contribution in [0.4, 0.5) is 19.1 Å². The zero-order valence-electron chi connectivity index (χ0n) is 19.3. The number of nitrogen functional groups attached to an aromatic ring is 1. The first kappa shape index (κ1) is 25.1. The third kappa shape index (κ3) is 4.76. The number of hydrogen-bond donors (Lipinski definition) is 2. The summed E-state index contributed by atoms with van der Waals surface area (Å²) in [6.07, 6.45) is 2.87. The number of carbonyl (C=O) groups excluding carboxylic acids is 1. The van der Waals surface area contributed by atoms with Gasteiger partial charge >= 0.3 is 12.1 Å². The van der Waals surface area contributed by atoms with Gasteiger partial charge in [0, 0.05) is 29.6 Å². The lowest BCUT2D eigenvalue weighted by molar-refractivity contribution is -0.203. The first-order chi connectivity index (χ1) is 17.5. The Hall–Kier alpha value is -3.58. The van der Waals surface area contributed by atoms with Crippen molar-refractivity contribution in [3.05, 3.63) is 66.1 Å². The van der Waals surface area contributed by atoms with Crippen LogP contribution in [0.15, 0.2) is 59.9 Å². The Morgan fingerprint density at radius 3 is 2.11 bits per heavy atom. The highest BCUT2D eigenvalue weighted by molar-refractivity contribution is 7.89. The molecule has 0 bridgehead atoms. The van der Waals surface area contributed by atoms with E-state index in [4.69, 9.17) is 5.73 Å². The van der Waals surface area contributed by atoms with E-state index in [-0.39, 0.29) is 22.7 Å². The number of aromatic nitrogens is 3. The summed E-state index contributed by atoms with van der Waals surface area (Å²) < 4.78 is 64.0. The highest BCUT2D eigenvalue weighted by Crippen LogP contribution is 2.63. The molecule has 2 heterocycles. The predicted octanol–water partition coefficient (Wildman–Crippen LogP) is 3.53. The number of hydrogen-bond acceptors (Lipinski definition) is 8. The third-order valence-corrected chi connectivity index (χ3v) is 7.99. The average molecular weight is 534 g/mol. The average Bonchev–Trinajstić information content (AvgIpc) is 3.79. The predicted molar refractivity (Wildman–Crippen MR) is 125 cm³/mol. The fourth-order valence-corrected chi connectivity index (χ4v) is 6.05. The summed E-state index contributed by atoms with van der Waals surface area (Å²) in [5, 5.41) is 0. The molecule has 13 heteroatoms. The maximum atomic E-state index is 13.1. The molecule has 3 N–H and O–H groups in total. The molecule has 2 aliphatic rings. The summed E-state index contributed by atoms with van der Waals surface area (Å²) in [6, 6.07) is 9.80. The van der Waals surface area contributed by atoms with Gasteiger partial charge < -0.3 is 10.6 Å². The minimum Gasteiger partial charge on any atom is -0.368 e. The van der Waals surface area contributed by atoms with Crippen LogP contribution in [0, 0.1) is 11.8 Å². The second-order valence-electron chi connectivity index (χ2n) is 9.15. The lowest BCUT2D eigenvalue weighted by Crippen LogP contribution is -2.38. The van der Waals surface area contributed by atoms with Crippen LogP contribution in [-0.4, -0.2) is 35.5 Å². The molecule has 0 spiro atoms. The molecule has 3 aromatic rings. The van der Waals surface area contributed by atoms with Gasteiger partial charge in [-0.05, 0) is 65.7 Å². The molecule has 0 atom stereocenters. The van der Waals surface area contributed by atoms with Crippen molar-refractivity contribution in [1.82, 2.24) is 19.8 Å². The van der Waals surface area contributed by atoms with E-state index in [2.05, 4.69) is 19.8 Å². The molecular formula is C24H22F3N5O4S. The first-order valence-corrected chi connectivity index (χ1v) is 13.0. The molecule has 2 aromatic heterocycles. The standard InChI is InChI=1S/C24H22F3N5O4S/c25-24(26,27)21(33)36-32-37(34,35)20-4-2-1-3-18(20)23(15-5-6-15,16-7-8-16)17-9-10-19(29-13-17)14-11-30-22(28)31-12-14/h1-4,9-13,15-16,32H,5-8H2,(H2,28,30,31). The van der Waals surface area contributed by atoms with E-state index in [0.717, 1.165) is 31.2 Å². The van der Waals surface area contributed by atoms with Gasteiger partial charge in [-0.1, -0.05) is 24.3 Å². The largest absolute Gasteiger partial charge is 0.492 e. The molecule has 0 saturated heterocycles. The number of nitrogens with one attached hydrogen (secondary N) is 1. The van der Waals surface area contributed by atoms with Gasteiger partial charge in [-0.2, -0.15) is 13.2 Å². The molecular weight excluding hydrogens is 511 g/mol. The van der Waals surface area contributed by atoms with Crippen LogP contribution in [0.2, 0.25) is 0 Å². The van der Waals surface area contributed by atoms with E-state index < -0.39 is 27.6 Å². The van der Waals surface area contributed by atoms with Crippen molar-refractivity contribution in [2.24, 2.45) is 11.8 Å². The summed E-state index contributed by atoms with van der Waals surface area (Å²) in [5.74, 6) is -2.30. The number of pyridine rings is 1. The van der Waals surface area contributed by atoms with Crippen LogP contribution in [0.3, 0.4) is 0 Å². The van der Waals surface area contributed by atoms with Crippen molar-refractivity contribution >= 4 is 21.9 Å². The van der Waals surface area contributed by atoms with Gasteiger partial charge in [0.25, 0.3) is 10.0 Å². The Bertz CT molecular complexity index is 1410. The van der Waals surface area contributed by atoms with E-state index in [1.807, 2.05) is 6.07 Å². The van der Waals surface area contributed by atoms with Crippen molar-refractivity contribution < 1.29 is 31.2 Å². The molecule has 194 valence electrons. The molecule has 2 fully saturated rings. The van der Waals surface area contributed by atoms with Crippen molar-refractivity contribution in [1.29, 1.82) is 0 Å². The van der Waals surface area contributed by atoms with Crippen LogP contribution in [0.5, 0.6) is 0 Å². The van der Waals surface area contributed by atoms with Crippen molar-refractivity contribution in [3.63, 3.8) is 0 Å². The third-order valence-electron chi connectivity index (χ3n) is 6.75.